The minimum Gasteiger partial charge on any atom is -0.354 e. The van der Waals surface area contributed by atoms with Crippen molar-refractivity contribution in [2.45, 2.75) is 65.6 Å². The smallest absolute Gasteiger partial charge is 0.192 e. The number of nitrogens with zero attached hydrogens (tertiary/aromatic N) is 4. The highest BCUT2D eigenvalue weighted by atomic mass is 127. The molecular formula is C22H35IN6. The van der Waals surface area contributed by atoms with E-state index in [2.05, 4.69) is 58.9 Å². The van der Waals surface area contributed by atoms with Crippen LogP contribution in [0.5, 0.6) is 0 Å². The van der Waals surface area contributed by atoms with Gasteiger partial charge < -0.3 is 15.2 Å². The van der Waals surface area contributed by atoms with Crippen molar-refractivity contribution in [2.75, 3.05) is 0 Å². The molecule has 160 valence electrons. The Hall–Kier alpha value is -1.64. The van der Waals surface area contributed by atoms with Crippen molar-refractivity contribution in [3.05, 3.63) is 47.5 Å². The zero-order valence-corrected chi connectivity index (χ0v) is 20.4. The lowest BCUT2D eigenvalue weighted by Crippen LogP contribution is -2.45. The minimum atomic E-state index is 0. The molecule has 1 aliphatic rings. The van der Waals surface area contributed by atoms with E-state index >= 15 is 0 Å². The van der Waals surface area contributed by atoms with Gasteiger partial charge in [0.1, 0.15) is 5.82 Å². The molecule has 0 radical (unpaired) electrons. The van der Waals surface area contributed by atoms with Crippen LogP contribution in [0.1, 0.15) is 56.7 Å². The standard InChI is InChI=1S/C22H34N6.HI/c1-16(2)19-10-12-20(13-11-19)25-22(23-14-18-8-6-5-7-9-18)24-15-21-27-26-17(3)28(21)4;/h5-9,16,19-20H,10-15H2,1-4H3,(H2,23,24,25);1H. The second kappa shape index (κ2) is 11.5. The van der Waals surface area contributed by atoms with Crippen molar-refractivity contribution in [3.8, 4) is 0 Å². The Morgan fingerprint density at radius 2 is 1.83 bits per heavy atom. The lowest BCUT2D eigenvalue weighted by Gasteiger charge is -2.32. The maximum Gasteiger partial charge on any atom is 0.192 e. The Balaban J connectivity index is 0.00000300. The predicted octanol–water partition coefficient (Wildman–Crippen LogP) is 4.19. The van der Waals surface area contributed by atoms with E-state index in [0.29, 0.717) is 19.1 Å². The molecule has 2 aromatic rings. The Bertz CT molecular complexity index is 763. The Morgan fingerprint density at radius 3 is 2.41 bits per heavy atom. The highest BCUT2D eigenvalue weighted by molar-refractivity contribution is 14.0. The topological polar surface area (TPSA) is 67.1 Å². The maximum atomic E-state index is 4.83. The first-order valence-corrected chi connectivity index (χ1v) is 10.5. The minimum absolute atomic E-state index is 0. The average Bonchev–Trinajstić information content (AvgIpc) is 3.03. The molecule has 1 fully saturated rings. The first kappa shape index (κ1) is 23.6. The van der Waals surface area contributed by atoms with Crippen molar-refractivity contribution in [1.29, 1.82) is 0 Å². The molecule has 0 bridgehead atoms. The molecule has 1 aromatic heterocycles. The van der Waals surface area contributed by atoms with Crippen LogP contribution in [0.4, 0.5) is 0 Å². The van der Waals surface area contributed by atoms with E-state index in [-0.39, 0.29) is 24.0 Å². The SMILES string of the molecule is Cc1nnc(CNC(=NCc2ccccc2)NC2CCC(C(C)C)CC2)n1C.I. The summed E-state index contributed by atoms with van der Waals surface area (Å²) in [5.74, 6) is 4.33. The summed E-state index contributed by atoms with van der Waals surface area (Å²) < 4.78 is 2.01. The quantitative estimate of drug-likeness (QED) is 0.348. The number of aliphatic imine (C=N–C) groups is 1. The summed E-state index contributed by atoms with van der Waals surface area (Å²) in [6.07, 6.45) is 5.00. The van der Waals surface area contributed by atoms with Crippen molar-refractivity contribution in [1.82, 2.24) is 25.4 Å². The third-order valence-electron chi connectivity index (χ3n) is 5.91. The number of guanidine groups is 1. The lowest BCUT2D eigenvalue weighted by molar-refractivity contribution is 0.250. The molecule has 2 N–H and O–H groups in total. The second-order valence-corrected chi connectivity index (χ2v) is 8.23. The van der Waals surface area contributed by atoms with Crippen LogP contribution in [0, 0.1) is 18.8 Å². The normalized spacial score (nSPS) is 19.7. The Labute approximate surface area is 192 Å². The molecule has 3 rings (SSSR count). The molecule has 0 amide bonds. The number of hydrogen-bond acceptors (Lipinski definition) is 3. The fraction of sp³-hybridized carbons (Fsp3) is 0.591. The maximum absolute atomic E-state index is 4.83. The van der Waals surface area contributed by atoms with Gasteiger partial charge in [-0.25, -0.2) is 4.99 Å². The largest absolute Gasteiger partial charge is 0.354 e. The first-order valence-electron chi connectivity index (χ1n) is 10.5. The van der Waals surface area contributed by atoms with E-state index in [1.165, 1.54) is 31.2 Å². The molecule has 0 aliphatic heterocycles. The van der Waals surface area contributed by atoms with Crippen molar-refractivity contribution < 1.29 is 0 Å². The van der Waals surface area contributed by atoms with E-state index < -0.39 is 0 Å². The summed E-state index contributed by atoms with van der Waals surface area (Å²) in [4.78, 5) is 4.83. The van der Waals surface area contributed by atoms with Crippen molar-refractivity contribution in [2.24, 2.45) is 23.9 Å². The fourth-order valence-electron chi connectivity index (χ4n) is 3.80. The van der Waals surface area contributed by atoms with Gasteiger partial charge in [0.25, 0.3) is 0 Å². The van der Waals surface area contributed by atoms with Crippen LogP contribution in [0.15, 0.2) is 35.3 Å². The summed E-state index contributed by atoms with van der Waals surface area (Å²) in [7, 11) is 1.99. The molecule has 1 aromatic carbocycles. The van der Waals surface area contributed by atoms with Crippen LogP contribution in [0.2, 0.25) is 0 Å². The van der Waals surface area contributed by atoms with Gasteiger partial charge in [-0.05, 0) is 50.0 Å². The van der Waals surface area contributed by atoms with E-state index in [1.54, 1.807) is 0 Å². The van der Waals surface area contributed by atoms with E-state index in [4.69, 9.17) is 4.99 Å². The highest BCUT2D eigenvalue weighted by Gasteiger charge is 2.23. The summed E-state index contributed by atoms with van der Waals surface area (Å²) in [6.45, 7) is 7.92. The van der Waals surface area contributed by atoms with Gasteiger partial charge in [0.05, 0.1) is 13.1 Å². The molecule has 1 saturated carbocycles. The highest BCUT2D eigenvalue weighted by Crippen LogP contribution is 2.29. The van der Waals surface area contributed by atoms with Crippen LogP contribution >= 0.6 is 24.0 Å². The molecule has 0 saturated heterocycles. The zero-order chi connectivity index (χ0) is 19.9. The molecule has 1 heterocycles. The summed E-state index contributed by atoms with van der Waals surface area (Å²) in [5.41, 5.74) is 1.21. The summed E-state index contributed by atoms with van der Waals surface area (Å²) in [6, 6.07) is 10.9. The number of halogens is 1. The molecule has 29 heavy (non-hydrogen) atoms. The fourth-order valence-corrected chi connectivity index (χ4v) is 3.80. The number of benzene rings is 1. The second-order valence-electron chi connectivity index (χ2n) is 8.23. The summed E-state index contributed by atoms with van der Waals surface area (Å²) in [5, 5.41) is 15.5. The lowest BCUT2D eigenvalue weighted by atomic mass is 9.80. The van der Waals surface area contributed by atoms with Crippen molar-refractivity contribution in [3.63, 3.8) is 0 Å². The van der Waals surface area contributed by atoms with Gasteiger partial charge in [-0.15, -0.1) is 34.2 Å². The third kappa shape index (κ3) is 6.97. The molecule has 0 atom stereocenters. The molecule has 0 spiro atoms. The van der Waals surface area contributed by atoms with Crippen LogP contribution in [-0.4, -0.2) is 26.8 Å². The Morgan fingerprint density at radius 1 is 1.14 bits per heavy atom. The van der Waals surface area contributed by atoms with E-state index in [1.807, 2.05) is 24.6 Å². The molecular weight excluding hydrogens is 475 g/mol. The molecule has 1 aliphatic carbocycles. The molecule has 0 unspecified atom stereocenters. The molecule has 7 heteroatoms. The van der Waals surface area contributed by atoms with Crippen LogP contribution in [-0.2, 0) is 20.1 Å². The van der Waals surface area contributed by atoms with Gasteiger partial charge in [-0.2, -0.15) is 0 Å². The number of aromatic nitrogens is 3. The predicted molar refractivity (Wildman–Crippen MR) is 129 cm³/mol. The summed E-state index contributed by atoms with van der Waals surface area (Å²) >= 11 is 0. The first-order chi connectivity index (χ1) is 13.5. The zero-order valence-electron chi connectivity index (χ0n) is 18.1. The van der Waals surface area contributed by atoms with Crippen molar-refractivity contribution >= 4 is 29.9 Å². The van der Waals surface area contributed by atoms with E-state index in [0.717, 1.165) is 29.4 Å². The van der Waals surface area contributed by atoms with Gasteiger partial charge in [-0.3, -0.25) is 0 Å². The Kier molecular flexibility index (Phi) is 9.39. The number of nitrogens with one attached hydrogen (secondary N) is 2. The number of hydrogen-bond donors (Lipinski definition) is 2. The van der Waals surface area contributed by atoms with Crippen LogP contribution < -0.4 is 10.6 Å². The van der Waals surface area contributed by atoms with Gasteiger partial charge in [0.15, 0.2) is 11.8 Å². The van der Waals surface area contributed by atoms with Gasteiger partial charge in [-0.1, -0.05) is 44.2 Å². The van der Waals surface area contributed by atoms with Gasteiger partial charge in [0.2, 0.25) is 0 Å². The monoisotopic (exact) mass is 510 g/mol. The van der Waals surface area contributed by atoms with Gasteiger partial charge in [0, 0.05) is 13.1 Å². The molecule has 6 nitrogen and oxygen atoms in total. The van der Waals surface area contributed by atoms with Crippen LogP contribution in [0.3, 0.4) is 0 Å². The van der Waals surface area contributed by atoms with Crippen LogP contribution in [0.25, 0.3) is 0 Å². The van der Waals surface area contributed by atoms with E-state index in [9.17, 15) is 0 Å². The average molecular weight is 510 g/mol. The number of aryl methyl sites for hydroxylation is 1. The third-order valence-corrected chi connectivity index (χ3v) is 5.91. The number of rotatable bonds is 6. The van der Waals surface area contributed by atoms with Gasteiger partial charge >= 0.3 is 0 Å².